The predicted octanol–water partition coefficient (Wildman–Crippen LogP) is 5.60. The summed E-state index contributed by atoms with van der Waals surface area (Å²) in [6.45, 7) is 3.90. The minimum atomic E-state index is -0.119. The predicted molar refractivity (Wildman–Crippen MR) is 83.5 cm³/mol. The van der Waals surface area contributed by atoms with Crippen molar-refractivity contribution in [2.75, 3.05) is 0 Å². The van der Waals surface area contributed by atoms with Crippen molar-refractivity contribution in [2.45, 2.75) is 13.8 Å². The van der Waals surface area contributed by atoms with Crippen molar-refractivity contribution >= 4 is 44.9 Å². The van der Waals surface area contributed by atoms with E-state index in [1.54, 1.807) is 18.2 Å². The summed E-state index contributed by atoms with van der Waals surface area (Å²) in [6.07, 6.45) is 0. The van der Waals surface area contributed by atoms with E-state index >= 15 is 0 Å². The van der Waals surface area contributed by atoms with Crippen molar-refractivity contribution in [2.24, 2.45) is 0 Å². The summed E-state index contributed by atoms with van der Waals surface area (Å²) < 4.78 is 1.02. The Labute approximate surface area is 130 Å². The highest BCUT2D eigenvalue weighted by Gasteiger charge is 2.16. The molecule has 0 spiro atoms. The second kappa shape index (κ2) is 5.66. The first-order chi connectivity index (χ1) is 8.91. The van der Waals surface area contributed by atoms with Gasteiger partial charge in [-0.3, -0.25) is 4.79 Å². The summed E-state index contributed by atoms with van der Waals surface area (Å²) >= 11 is 15.5. The van der Waals surface area contributed by atoms with Crippen LogP contribution in [0.3, 0.4) is 0 Å². The normalized spacial score (nSPS) is 10.6. The first-order valence-corrected chi connectivity index (χ1v) is 7.22. The molecule has 2 rings (SSSR count). The van der Waals surface area contributed by atoms with Crippen LogP contribution < -0.4 is 0 Å². The molecule has 1 nitrogen and oxygen atoms in total. The number of halogens is 3. The van der Waals surface area contributed by atoms with Gasteiger partial charge in [-0.1, -0.05) is 45.2 Å². The van der Waals surface area contributed by atoms with Gasteiger partial charge in [-0.25, -0.2) is 0 Å². The lowest BCUT2D eigenvalue weighted by Crippen LogP contribution is -2.04. The Kier molecular flexibility index (Phi) is 4.34. The van der Waals surface area contributed by atoms with Gasteiger partial charge in [-0.05, 0) is 49.2 Å². The molecule has 19 heavy (non-hydrogen) atoms. The molecule has 0 unspecified atom stereocenters. The van der Waals surface area contributed by atoms with Crippen LogP contribution >= 0.6 is 39.1 Å². The first kappa shape index (κ1) is 14.6. The van der Waals surface area contributed by atoms with E-state index in [0.717, 1.165) is 15.6 Å². The molecule has 0 radical (unpaired) electrons. The van der Waals surface area contributed by atoms with Gasteiger partial charge in [0.1, 0.15) is 0 Å². The maximum atomic E-state index is 12.5. The lowest BCUT2D eigenvalue weighted by atomic mass is 9.99. The van der Waals surface area contributed by atoms with Crippen molar-refractivity contribution in [3.8, 4) is 0 Å². The molecular weight excluding hydrogens is 347 g/mol. The van der Waals surface area contributed by atoms with Crippen LogP contribution in [0.15, 0.2) is 34.8 Å². The van der Waals surface area contributed by atoms with Gasteiger partial charge >= 0.3 is 0 Å². The number of aryl methyl sites for hydroxylation is 2. The number of carbonyl (C=O) groups is 1. The average molecular weight is 358 g/mol. The summed E-state index contributed by atoms with van der Waals surface area (Å²) in [5, 5.41) is 0.686. The molecule has 4 heteroatoms. The van der Waals surface area contributed by atoms with Crippen LogP contribution in [0, 0.1) is 13.8 Å². The Morgan fingerprint density at radius 2 is 1.68 bits per heavy atom. The van der Waals surface area contributed by atoms with E-state index in [2.05, 4.69) is 15.9 Å². The SMILES string of the molecule is Cc1cc(C(=O)c2cccc(Cl)c2Cl)cc(C)c1Br. The minimum absolute atomic E-state index is 0.119. The first-order valence-electron chi connectivity index (χ1n) is 5.67. The molecule has 0 aliphatic rings. The Hall–Kier alpha value is -0.830. The topological polar surface area (TPSA) is 17.1 Å². The van der Waals surface area contributed by atoms with Gasteiger partial charge in [-0.15, -0.1) is 0 Å². The molecule has 2 aromatic rings. The Balaban J connectivity index is 2.53. The maximum Gasteiger partial charge on any atom is 0.194 e. The molecule has 0 amide bonds. The van der Waals surface area contributed by atoms with Crippen molar-refractivity contribution in [1.82, 2.24) is 0 Å². The van der Waals surface area contributed by atoms with E-state index in [1.165, 1.54) is 0 Å². The maximum absolute atomic E-state index is 12.5. The summed E-state index contributed by atoms with van der Waals surface area (Å²) in [7, 11) is 0. The average Bonchev–Trinajstić information content (AvgIpc) is 2.38. The molecule has 0 bridgehead atoms. The molecule has 0 aliphatic heterocycles. The largest absolute Gasteiger partial charge is 0.289 e. The van der Waals surface area contributed by atoms with Crippen LogP contribution in [0.4, 0.5) is 0 Å². The van der Waals surface area contributed by atoms with E-state index in [4.69, 9.17) is 23.2 Å². The lowest BCUT2D eigenvalue weighted by Gasteiger charge is -2.09. The standard InChI is InChI=1S/C15H11BrCl2O/c1-8-6-10(7-9(2)13(8)16)15(19)11-4-3-5-12(17)14(11)18/h3-7H,1-2H3. The van der Waals surface area contributed by atoms with Crippen LogP contribution in [-0.4, -0.2) is 5.78 Å². The highest BCUT2D eigenvalue weighted by Crippen LogP contribution is 2.29. The second-order valence-corrected chi connectivity index (χ2v) is 5.93. The highest BCUT2D eigenvalue weighted by molar-refractivity contribution is 9.10. The van der Waals surface area contributed by atoms with Gasteiger partial charge in [0.15, 0.2) is 5.78 Å². The number of rotatable bonds is 2. The third kappa shape index (κ3) is 2.86. The third-order valence-electron chi connectivity index (χ3n) is 2.89. The van der Waals surface area contributed by atoms with Crippen molar-refractivity contribution in [3.63, 3.8) is 0 Å². The zero-order valence-corrected chi connectivity index (χ0v) is 13.5. The summed E-state index contributed by atoms with van der Waals surface area (Å²) in [4.78, 5) is 12.5. The molecule has 0 atom stereocenters. The molecular formula is C15H11BrCl2O. The molecule has 2 aromatic carbocycles. The van der Waals surface area contributed by atoms with Gasteiger partial charge in [-0.2, -0.15) is 0 Å². The van der Waals surface area contributed by atoms with Crippen molar-refractivity contribution in [3.05, 3.63) is 67.1 Å². The Morgan fingerprint density at radius 1 is 1.11 bits per heavy atom. The summed E-state index contributed by atoms with van der Waals surface area (Å²) in [5.41, 5.74) is 3.07. The van der Waals surface area contributed by atoms with Crippen LogP contribution in [0.25, 0.3) is 0 Å². The molecule has 0 saturated carbocycles. The number of benzene rings is 2. The fourth-order valence-corrected chi connectivity index (χ4v) is 2.53. The molecule has 98 valence electrons. The van der Waals surface area contributed by atoms with E-state index in [9.17, 15) is 4.79 Å². The Bertz CT molecular complexity index is 642. The number of hydrogen-bond acceptors (Lipinski definition) is 1. The van der Waals surface area contributed by atoms with E-state index < -0.39 is 0 Å². The van der Waals surface area contributed by atoms with Crippen LogP contribution in [0.1, 0.15) is 27.0 Å². The molecule has 0 aromatic heterocycles. The monoisotopic (exact) mass is 356 g/mol. The zero-order chi connectivity index (χ0) is 14.2. The summed E-state index contributed by atoms with van der Waals surface area (Å²) in [5.74, 6) is -0.119. The van der Waals surface area contributed by atoms with Gasteiger partial charge < -0.3 is 0 Å². The Morgan fingerprint density at radius 3 is 2.26 bits per heavy atom. The van der Waals surface area contributed by atoms with Gasteiger partial charge in [0, 0.05) is 15.6 Å². The zero-order valence-electron chi connectivity index (χ0n) is 10.4. The highest BCUT2D eigenvalue weighted by atomic mass is 79.9. The van der Waals surface area contributed by atoms with E-state index in [0.29, 0.717) is 21.2 Å². The smallest absolute Gasteiger partial charge is 0.194 e. The quantitative estimate of drug-likeness (QED) is 0.639. The van der Waals surface area contributed by atoms with Gasteiger partial charge in [0.05, 0.1) is 10.0 Å². The van der Waals surface area contributed by atoms with Gasteiger partial charge in [0.2, 0.25) is 0 Å². The number of ketones is 1. The fourth-order valence-electron chi connectivity index (χ4n) is 1.91. The van der Waals surface area contributed by atoms with Crippen LogP contribution in [0.5, 0.6) is 0 Å². The molecule has 0 fully saturated rings. The molecule has 0 N–H and O–H groups in total. The summed E-state index contributed by atoms with van der Waals surface area (Å²) in [6, 6.07) is 8.76. The van der Waals surface area contributed by atoms with Crippen LogP contribution in [0.2, 0.25) is 10.0 Å². The minimum Gasteiger partial charge on any atom is -0.289 e. The van der Waals surface area contributed by atoms with Crippen molar-refractivity contribution < 1.29 is 4.79 Å². The van der Waals surface area contributed by atoms with E-state index in [1.807, 2.05) is 26.0 Å². The van der Waals surface area contributed by atoms with Crippen molar-refractivity contribution in [1.29, 1.82) is 0 Å². The fraction of sp³-hybridized carbons (Fsp3) is 0.133. The van der Waals surface area contributed by atoms with Gasteiger partial charge in [0.25, 0.3) is 0 Å². The lowest BCUT2D eigenvalue weighted by molar-refractivity contribution is 0.103. The third-order valence-corrected chi connectivity index (χ3v) is 4.96. The second-order valence-electron chi connectivity index (χ2n) is 4.35. The number of carbonyl (C=O) groups excluding carboxylic acids is 1. The molecule has 0 heterocycles. The van der Waals surface area contributed by atoms with Crippen LogP contribution in [-0.2, 0) is 0 Å². The molecule has 0 aliphatic carbocycles. The van der Waals surface area contributed by atoms with E-state index in [-0.39, 0.29) is 5.78 Å². The number of hydrogen-bond donors (Lipinski definition) is 0. The molecule has 0 saturated heterocycles.